The molecule has 7 amide bonds. The van der Waals surface area contributed by atoms with E-state index < -0.39 is 108 Å². The minimum absolute atomic E-state index is 0.0261. The summed E-state index contributed by atoms with van der Waals surface area (Å²) >= 11 is 0. The van der Waals surface area contributed by atoms with Crippen LogP contribution in [-0.4, -0.2) is 105 Å². The number of aliphatic carboxylic acids is 1. The zero-order valence-corrected chi connectivity index (χ0v) is 41.0. The smallest absolute Gasteiger partial charge is 0.326 e. The van der Waals surface area contributed by atoms with E-state index in [1.54, 1.807) is 33.2 Å². The van der Waals surface area contributed by atoms with Gasteiger partial charge in [0.25, 0.3) is 0 Å². The Morgan fingerprint density at radius 2 is 1.01 bits per heavy atom. The number of carboxylic acids is 1. The molecule has 2 aromatic heterocycles. The number of para-hydroxylation sites is 2. The molecule has 71 heavy (non-hydrogen) atoms. The van der Waals surface area contributed by atoms with E-state index in [1.807, 2.05) is 99.6 Å². The summed E-state index contributed by atoms with van der Waals surface area (Å²) in [5.41, 5.74) is 15.6. The summed E-state index contributed by atoms with van der Waals surface area (Å²) in [5.74, 6) is -7.93. The quantitative estimate of drug-likeness (QED) is 0.0385. The molecular formula is C52H68N10O9. The van der Waals surface area contributed by atoms with Gasteiger partial charge in [-0.05, 0) is 59.4 Å². The van der Waals surface area contributed by atoms with Crippen molar-refractivity contribution in [3.63, 3.8) is 0 Å². The van der Waals surface area contributed by atoms with Crippen molar-refractivity contribution >= 4 is 69.1 Å². The maximum atomic E-state index is 14.7. The van der Waals surface area contributed by atoms with Crippen LogP contribution in [0.4, 0.5) is 0 Å². The predicted octanol–water partition coefficient (Wildman–Crippen LogP) is 2.62. The molecule has 13 N–H and O–H groups in total. The van der Waals surface area contributed by atoms with Gasteiger partial charge in [0.1, 0.15) is 36.3 Å². The molecule has 8 atom stereocenters. The zero-order valence-electron chi connectivity index (χ0n) is 41.0. The van der Waals surface area contributed by atoms with Crippen LogP contribution in [0.25, 0.3) is 21.8 Å². The molecule has 0 aliphatic heterocycles. The molecule has 19 heteroatoms. The molecule has 2 heterocycles. The molecule has 0 spiro atoms. The molecule has 5 rings (SSSR count). The average Bonchev–Trinajstić information content (AvgIpc) is 3.94. The number of primary amides is 1. The first-order chi connectivity index (χ1) is 33.8. The Labute approximate surface area is 412 Å². The number of amides is 7. The van der Waals surface area contributed by atoms with Gasteiger partial charge in [-0.3, -0.25) is 33.6 Å². The summed E-state index contributed by atoms with van der Waals surface area (Å²) in [6.07, 6.45) is 3.60. The summed E-state index contributed by atoms with van der Waals surface area (Å²) in [6.45, 7) is 10.5. The lowest BCUT2D eigenvalue weighted by atomic mass is 9.95. The minimum atomic E-state index is -1.64. The van der Waals surface area contributed by atoms with Crippen molar-refractivity contribution in [1.29, 1.82) is 0 Å². The van der Waals surface area contributed by atoms with Crippen LogP contribution in [0.5, 0.6) is 0 Å². The van der Waals surface area contributed by atoms with E-state index in [0.717, 1.165) is 32.9 Å². The molecule has 0 fully saturated rings. The second kappa shape index (κ2) is 25.4. The zero-order chi connectivity index (χ0) is 51.9. The number of hydrogen-bond acceptors (Lipinski definition) is 9. The molecule has 0 aliphatic rings. The lowest BCUT2D eigenvalue weighted by Crippen LogP contribution is -2.61. The third kappa shape index (κ3) is 15.2. The van der Waals surface area contributed by atoms with Crippen LogP contribution in [0.15, 0.2) is 91.3 Å². The molecule has 0 radical (unpaired) electrons. The summed E-state index contributed by atoms with van der Waals surface area (Å²) in [7, 11) is 0. The predicted molar refractivity (Wildman–Crippen MR) is 269 cm³/mol. The highest BCUT2D eigenvalue weighted by Gasteiger charge is 2.36. The Morgan fingerprint density at radius 3 is 1.56 bits per heavy atom. The van der Waals surface area contributed by atoms with Crippen LogP contribution in [0.3, 0.4) is 0 Å². The maximum absolute atomic E-state index is 14.7. The van der Waals surface area contributed by atoms with E-state index >= 15 is 0 Å². The van der Waals surface area contributed by atoms with Crippen molar-refractivity contribution in [2.45, 2.75) is 122 Å². The average molecular weight is 977 g/mol. The molecule has 3 aromatic carbocycles. The third-order valence-electron chi connectivity index (χ3n) is 12.5. The number of carbonyl (C=O) groups excluding carboxylic acids is 7. The van der Waals surface area contributed by atoms with Gasteiger partial charge < -0.3 is 58.4 Å². The Hall–Kier alpha value is -7.54. The SMILES string of the molecule is CCC(C)C(NC(=O)C(Cc1c[nH]c2ccccc12)NC(=O)C(Cc1ccccc1)NC(=O)C(N)Cc1c[nH]c2ccccc12)C(=O)NC(CC(C)C)C(=O)NC(C(=O)NC(CC(N)=O)C(=O)O)C(C)C. The van der Waals surface area contributed by atoms with Crippen LogP contribution in [0, 0.1) is 17.8 Å². The van der Waals surface area contributed by atoms with Gasteiger partial charge in [0, 0.05) is 47.0 Å². The van der Waals surface area contributed by atoms with E-state index in [1.165, 1.54) is 0 Å². The third-order valence-corrected chi connectivity index (χ3v) is 12.5. The lowest BCUT2D eigenvalue weighted by Gasteiger charge is -2.30. The molecule has 0 bridgehead atoms. The first-order valence-electron chi connectivity index (χ1n) is 24.0. The van der Waals surface area contributed by atoms with E-state index in [4.69, 9.17) is 11.5 Å². The number of fused-ring (bicyclic) bond motifs is 2. The standard InChI is InChI=1S/C52H68N10O9/c1-7-30(6)45(51(69)59-39(21-28(2)3)48(66)61-44(29(4)5)50(68)60-42(52(70)71)25-43(54)63)62-49(67)41(24-33-27-56-38-20-14-12-18-35(33)38)58-47(65)40(22-31-15-9-8-10-16-31)57-46(64)36(53)23-32-26-55-37-19-13-11-17-34(32)37/h8-20,26-30,36,39-42,44-45,55-56H,7,21-25,53H2,1-6H3,(H2,54,63)(H,57,64)(H,58,65)(H,59,69)(H,60,68)(H,61,66)(H,62,67)(H,70,71). The molecule has 0 aliphatic carbocycles. The number of benzene rings is 3. The van der Waals surface area contributed by atoms with Crippen molar-refractivity contribution in [3.05, 3.63) is 108 Å². The highest BCUT2D eigenvalue weighted by molar-refractivity contribution is 5.98. The fourth-order valence-corrected chi connectivity index (χ4v) is 8.34. The number of carbonyl (C=O) groups is 8. The first-order valence-corrected chi connectivity index (χ1v) is 24.0. The van der Waals surface area contributed by atoms with Gasteiger partial charge in [-0.1, -0.05) is 115 Å². The molecular weight excluding hydrogens is 909 g/mol. The summed E-state index contributed by atoms with van der Waals surface area (Å²) in [5, 5.41) is 27.6. The number of carboxylic acid groups (broad SMARTS) is 1. The van der Waals surface area contributed by atoms with Crippen LogP contribution in [0.2, 0.25) is 0 Å². The van der Waals surface area contributed by atoms with Gasteiger partial charge >= 0.3 is 5.97 Å². The molecule has 380 valence electrons. The van der Waals surface area contributed by atoms with Gasteiger partial charge in [-0.2, -0.15) is 0 Å². The highest BCUT2D eigenvalue weighted by Crippen LogP contribution is 2.22. The highest BCUT2D eigenvalue weighted by atomic mass is 16.4. The number of H-pyrrole nitrogens is 2. The monoisotopic (exact) mass is 977 g/mol. The second-order valence-electron chi connectivity index (χ2n) is 18.9. The van der Waals surface area contributed by atoms with Crippen LogP contribution in [-0.2, 0) is 57.6 Å². The van der Waals surface area contributed by atoms with Crippen LogP contribution in [0.1, 0.15) is 77.5 Å². The normalized spacial score (nSPS) is 14.8. The van der Waals surface area contributed by atoms with Crippen LogP contribution < -0.4 is 43.4 Å². The van der Waals surface area contributed by atoms with Gasteiger partial charge in [0.2, 0.25) is 41.4 Å². The number of nitrogens with two attached hydrogens (primary N) is 2. The van der Waals surface area contributed by atoms with Crippen molar-refractivity contribution in [1.82, 2.24) is 41.9 Å². The Bertz CT molecular complexity index is 2660. The molecule has 8 unspecified atom stereocenters. The summed E-state index contributed by atoms with van der Waals surface area (Å²) < 4.78 is 0. The number of nitrogens with one attached hydrogen (secondary N) is 8. The Morgan fingerprint density at radius 1 is 0.549 bits per heavy atom. The largest absolute Gasteiger partial charge is 0.480 e. The lowest BCUT2D eigenvalue weighted by molar-refractivity contribution is -0.144. The topological polar surface area (TPSA) is 313 Å². The minimum Gasteiger partial charge on any atom is -0.480 e. The Kier molecular flexibility index (Phi) is 19.4. The van der Waals surface area contributed by atoms with Crippen molar-refractivity contribution in [2.75, 3.05) is 0 Å². The first kappa shape index (κ1) is 54.4. The molecule has 0 saturated heterocycles. The van der Waals surface area contributed by atoms with Gasteiger partial charge in [0.05, 0.1) is 12.5 Å². The molecule has 19 nitrogen and oxygen atoms in total. The van der Waals surface area contributed by atoms with Gasteiger partial charge in [-0.15, -0.1) is 0 Å². The van der Waals surface area contributed by atoms with Crippen molar-refractivity contribution < 1.29 is 43.5 Å². The van der Waals surface area contributed by atoms with E-state index in [2.05, 4.69) is 41.9 Å². The van der Waals surface area contributed by atoms with E-state index in [9.17, 15) is 43.5 Å². The van der Waals surface area contributed by atoms with Gasteiger partial charge in [-0.25, -0.2) is 4.79 Å². The number of rotatable bonds is 26. The number of aromatic amines is 2. The molecule has 0 saturated carbocycles. The Balaban J connectivity index is 1.40. The van der Waals surface area contributed by atoms with Crippen molar-refractivity contribution in [2.24, 2.45) is 29.2 Å². The fraction of sp³-hybridized carbons (Fsp3) is 0.423. The van der Waals surface area contributed by atoms with Gasteiger partial charge in [0.15, 0.2) is 0 Å². The van der Waals surface area contributed by atoms with E-state index in [0.29, 0.717) is 12.0 Å². The molecule has 5 aromatic rings. The van der Waals surface area contributed by atoms with Crippen molar-refractivity contribution in [3.8, 4) is 0 Å². The summed E-state index contributed by atoms with van der Waals surface area (Å²) in [6, 6.07) is 15.3. The fourth-order valence-electron chi connectivity index (χ4n) is 8.34. The van der Waals surface area contributed by atoms with E-state index in [-0.39, 0.29) is 31.6 Å². The number of hydrogen-bond donors (Lipinski definition) is 11. The number of aromatic nitrogens is 2. The maximum Gasteiger partial charge on any atom is 0.326 e. The second-order valence-corrected chi connectivity index (χ2v) is 18.9. The van der Waals surface area contributed by atoms with Crippen LogP contribution >= 0.6 is 0 Å². The summed E-state index contributed by atoms with van der Waals surface area (Å²) in [4.78, 5) is 115.